The number of nitrogens with zero attached hydrogens (tertiary/aromatic N) is 2. The number of anilines is 1. The molecule has 7 heteroatoms. The molecule has 1 aliphatic rings. The molecule has 5 rings (SSSR count). The molecule has 166 valence electrons. The molecule has 0 aliphatic carbocycles. The molecule has 3 heterocycles. The fourth-order valence-electron chi connectivity index (χ4n) is 4.16. The Morgan fingerprint density at radius 1 is 1.06 bits per heavy atom. The van der Waals surface area contributed by atoms with Gasteiger partial charge in [0.2, 0.25) is 0 Å². The number of benzene rings is 2. The summed E-state index contributed by atoms with van der Waals surface area (Å²) in [7, 11) is 0. The lowest BCUT2D eigenvalue weighted by Crippen LogP contribution is -2.49. The van der Waals surface area contributed by atoms with E-state index in [0.717, 1.165) is 63.9 Å². The van der Waals surface area contributed by atoms with E-state index < -0.39 is 6.10 Å². The summed E-state index contributed by atoms with van der Waals surface area (Å²) in [6.07, 6.45) is 3.01. The van der Waals surface area contributed by atoms with Gasteiger partial charge in [0.25, 0.3) is 0 Å². The summed E-state index contributed by atoms with van der Waals surface area (Å²) >= 11 is 8.00. The summed E-state index contributed by atoms with van der Waals surface area (Å²) in [5.41, 5.74) is 3.30. The molecule has 0 amide bonds. The Balaban J connectivity index is 1.13. The predicted octanol–water partition coefficient (Wildman–Crippen LogP) is 5.38. The normalized spacial score (nSPS) is 15.9. The molecule has 1 atom stereocenters. The summed E-state index contributed by atoms with van der Waals surface area (Å²) in [5.74, 6) is 0.757. The van der Waals surface area contributed by atoms with Crippen molar-refractivity contribution in [1.29, 1.82) is 0 Å². The number of hydrogen-bond acceptors (Lipinski definition) is 6. The molecule has 0 radical (unpaired) electrons. The number of furan rings is 1. The van der Waals surface area contributed by atoms with Crippen molar-refractivity contribution in [2.45, 2.75) is 6.10 Å². The van der Waals surface area contributed by atoms with Gasteiger partial charge in [-0.25, -0.2) is 0 Å². The van der Waals surface area contributed by atoms with Gasteiger partial charge in [0, 0.05) is 49.1 Å². The van der Waals surface area contributed by atoms with Crippen LogP contribution in [0.25, 0.3) is 21.2 Å². The number of halogens is 1. The van der Waals surface area contributed by atoms with Gasteiger partial charge < -0.3 is 19.2 Å². The second-order valence-electron chi connectivity index (χ2n) is 8.03. The fraction of sp³-hybridized carbons (Fsp3) is 0.280. The number of fused-ring (bicyclic) bond motifs is 1. The number of β-amino-alcohol motifs (C(OH)–C–C–N with tert-alkyl or cyclic N) is 1. The molecule has 1 saturated heterocycles. The van der Waals surface area contributed by atoms with Crippen LogP contribution in [0.15, 0.2) is 70.9 Å². The molecule has 1 aliphatic heterocycles. The minimum absolute atomic E-state index is 0.263. The van der Waals surface area contributed by atoms with Crippen molar-refractivity contribution in [3.8, 4) is 16.9 Å². The summed E-state index contributed by atoms with van der Waals surface area (Å²) in [4.78, 5) is 4.58. The van der Waals surface area contributed by atoms with Crippen LogP contribution in [-0.2, 0) is 0 Å². The van der Waals surface area contributed by atoms with E-state index in [1.165, 1.54) is 0 Å². The van der Waals surface area contributed by atoms with E-state index in [4.69, 9.17) is 20.8 Å². The number of hydrogen-bond donors (Lipinski definition) is 1. The molecule has 1 N–H and O–H groups in total. The van der Waals surface area contributed by atoms with Crippen molar-refractivity contribution in [2.24, 2.45) is 0 Å². The Kier molecular flexibility index (Phi) is 6.37. The van der Waals surface area contributed by atoms with Gasteiger partial charge in [-0.15, -0.1) is 11.3 Å². The van der Waals surface area contributed by atoms with Crippen LogP contribution in [-0.4, -0.2) is 55.4 Å². The molecule has 1 fully saturated rings. The molecule has 5 nitrogen and oxygen atoms in total. The van der Waals surface area contributed by atoms with E-state index in [9.17, 15) is 5.11 Å². The Morgan fingerprint density at radius 2 is 1.91 bits per heavy atom. The zero-order valence-electron chi connectivity index (χ0n) is 17.6. The van der Waals surface area contributed by atoms with Crippen LogP contribution >= 0.6 is 22.9 Å². The highest BCUT2D eigenvalue weighted by atomic mass is 35.5. The van der Waals surface area contributed by atoms with Gasteiger partial charge in [0.05, 0.1) is 21.7 Å². The van der Waals surface area contributed by atoms with Crippen molar-refractivity contribution in [2.75, 3.05) is 44.2 Å². The van der Waals surface area contributed by atoms with E-state index in [2.05, 4.69) is 27.3 Å². The first kappa shape index (κ1) is 21.3. The number of aliphatic hydroxyl groups is 1. The largest absolute Gasteiger partial charge is 0.491 e. The van der Waals surface area contributed by atoms with Crippen LogP contribution in [0.5, 0.6) is 5.75 Å². The van der Waals surface area contributed by atoms with Crippen LogP contribution in [0.2, 0.25) is 5.02 Å². The predicted molar refractivity (Wildman–Crippen MR) is 131 cm³/mol. The Labute approximate surface area is 196 Å². The minimum Gasteiger partial charge on any atom is -0.491 e. The van der Waals surface area contributed by atoms with Gasteiger partial charge in [-0.05, 0) is 29.8 Å². The maximum Gasteiger partial charge on any atom is 0.120 e. The number of piperazine rings is 1. The second-order valence-corrected chi connectivity index (χ2v) is 9.35. The van der Waals surface area contributed by atoms with Gasteiger partial charge >= 0.3 is 0 Å². The number of ether oxygens (including phenoxy) is 1. The topological polar surface area (TPSA) is 49.1 Å². The highest BCUT2D eigenvalue weighted by Crippen LogP contribution is 2.35. The van der Waals surface area contributed by atoms with Crippen LogP contribution < -0.4 is 9.64 Å². The van der Waals surface area contributed by atoms with Crippen molar-refractivity contribution in [1.82, 2.24) is 4.90 Å². The molecule has 32 heavy (non-hydrogen) atoms. The Morgan fingerprint density at radius 3 is 2.75 bits per heavy atom. The van der Waals surface area contributed by atoms with Gasteiger partial charge in [-0.2, -0.15) is 0 Å². The lowest BCUT2D eigenvalue weighted by atomic mass is 10.1. The Hall–Kier alpha value is -2.51. The van der Waals surface area contributed by atoms with Crippen LogP contribution in [0.3, 0.4) is 0 Å². The number of aliphatic hydroxyl groups excluding tert-OH is 1. The first-order valence-corrected chi connectivity index (χ1v) is 12.0. The molecule has 0 spiro atoms. The summed E-state index contributed by atoms with van der Waals surface area (Å²) in [6.45, 7) is 4.41. The molecule has 2 aromatic heterocycles. The second kappa shape index (κ2) is 9.55. The number of rotatable bonds is 7. The van der Waals surface area contributed by atoms with E-state index in [1.54, 1.807) is 23.9 Å². The molecule has 4 aromatic rings. The third-order valence-corrected chi connectivity index (χ3v) is 7.09. The van der Waals surface area contributed by atoms with Crippen molar-refractivity contribution >= 4 is 38.7 Å². The maximum atomic E-state index is 10.5. The van der Waals surface area contributed by atoms with E-state index in [-0.39, 0.29) is 6.61 Å². The van der Waals surface area contributed by atoms with E-state index in [0.29, 0.717) is 6.54 Å². The lowest BCUT2D eigenvalue weighted by molar-refractivity contribution is 0.0663. The lowest BCUT2D eigenvalue weighted by Gasteiger charge is -2.37. The van der Waals surface area contributed by atoms with Gasteiger partial charge in [0.15, 0.2) is 0 Å². The average Bonchev–Trinajstić information content (AvgIpc) is 3.43. The zero-order chi connectivity index (χ0) is 21.9. The SMILES string of the molecule is O[C@@H](COc1cccc(-c2csc3cocc23)c1)CN1CCN(c2ccccc2Cl)CC1. The van der Waals surface area contributed by atoms with E-state index in [1.807, 2.05) is 36.4 Å². The molecule has 0 saturated carbocycles. The standard InChI is InChI=1S/C25H25ClN2O3S/c26-23-6-1-2-7-24(23)28-10-8-27(9-11-28)13-19(29)14-31-20-5-3-4-18(12-20)22-17-32-25-16-30-15-21(22)25/h1-7,12,15-17,19,29H,8-11,13-14H2/t19-/m1/s1. The average molecular weight is 469 g/mol. The summed E-state index contributed by atoms with van der Waals surface area (Å²) in [6, 6.07) is 15.9. The number of para-hydroxylation sites is 1. The quantitative estimate of drug-likeness (QED) is 0.395. The van der Waals surface area contributed by atoms with Crippen molar-refractivity contribution in [3.63, 3.8) is 0 Å². The van der Waals surface area contributed by atoms with Crippen LogP contribution in [0.1, 0.15) is 0 Å². The van der Waals surface area contributed by atoms with Gasteiger partial charge in [0.1, 0.15) is 24.7 Å². The van der Waals surface area contributed by atoms with Crippen LogP contribution in [0, 0.1) is 0 Å². The molecule has 2 aromatic carbocycles. The minimum atomic E-state index is -0.549. The van der Waals surface area contributed by atoms with E-state index >= 15 is 0 Å². The first-order valence-electron chi connectivity index (χ1n) is 10.7. The third kappa shape index (κ3) is 4.64. The molecular weight excluding hydrogens is 444 g/mol. The highest BCUT2D eigenvalue weighted by Gasteiger charge is 2.21. The van der Waals surface area contributed by atoms with Crippen molar-refractivity contribution in [3.05, 3.63) is 71.5 Å². The molecule has 0 bridgehead atoms. The monoisotopic (exact) mass is 468 g/mol. The smallest absolute Gasteiger partial charge is 0.120 e. The Bertz CT molecular complexity index is 1180. The van der Waals surface area contributed by atoms with Crippen LogP contribution in [0.4, 0.5) is 5.69 Å². The molecule has 0 unspecified atom stereocenters. The highest BCUT2D eigenvalue weighted by molar-refractivity contribution is 7.17. The number of thiophene rings is 1. The maximum absolute atomic E-state index is 10.5. The first-order chi connectivity index (χ1) is 15.7. The zero-order valence-corrected chi connectivity index (χ0v) is 19.2. The van der Waals surface area contributed by atoms with Gasteiger partial charge in [-0.1, -0.05) is 35.9 Å². The third-order valence-electron chi connectivity index (χ3n) is 5.84. The fourth-order valence-corrected chi connectivity index (χ4v) is 5.32. The summed E-state index contributed by atoms with van der Waals surface area (Å²) in [5, 5.41) is 14.6. The van der Waals surface area contributed by atoms with Gasteiger partial charge in [-0.3, -0.25) is 4.90 Å². The van der Waals surface area contributed by atoms with Crippen molar-refractivity contribution < 1.29 is 14.3 Å². The summed E-state index contributed by atoms with van der Waals surface area (Å²) < 4.78 is 12.4. The molecular formula is C25H25ClN2O3S.